The molecule has 2 rings (SSSR count). The van der Waals surface area contributed by atoms with E-state index in [2.05, 4.69) is 18.8 Å². The Labute approximate surface area is 121 Å². The van der Waals surface area contributed by atoms with E-state index < -0.39 is 0 Å². The molecule has 2 heterocycles. The first-order valence-corrected chi connectivity index (χ1v) is 7.69. The Morgan fingerprint density at radius 1 is 1.40 bits per heavy atom. The third-order valence-corrected chi connectivity index (χ3v) is 3.92. The summed E-state index contributed by atoms with van der Waals surface area (Å²) in [4.78, 5) is 18.8. The summed E-state index contributed by atoms with van der Waals surface area (Å²) in [5.41, 5.74) is 7.43. The number of pyridine rings is 1. The molecule has 0 bridgehead atoms. The minimum absolute atomic E-state index is 0.107. The highest BCUT2D eigenvalue weighted by Gasteiger charge is 2.26. The topological polar surface area (TPSA) is 59.2 Å². The first-order valence-electron chi connectivity index (χ1n) is 7.69. The molecule has 0 saturated carbocycles. The summed E-state index contributed by atoms with van der Waals surface area (Å²) in [6.45, 7) is 6.06. The lowest BCUT2D eigenvalue weighted by atomic mass is 10.0. The lowest BCUT2D eigenvalue weighted by molar-refractivity contribution is 0.0786. The molecular weight excluding hydrogens is 250 g/mol. The number of hydrogen-bond acceptors (Lipinski definition) is 3. The number of nitrogen functional groups attached to an aromatic ring is 1. The Morgan fingerprint density at radius 2 is 2.20 bits per heavy atom. The second-order valence-electron chi connectivity index (χ2n) is 5.72. The Morgan fingerprint density at radius 3 is 2.90 bits per heavy atom. The van der Waals surface area contributed by atoms with Crippen LogP contribution in [0.3, 0.4) is 0 Å². The van der Waals surface area contributed by atoms with Gasteiger partial charge in [-0.05, 0) is 37.3 Å². The first kappa shape index (κ1) is 14.8. The predicted molar refractivity (Wildman–Crippen MR) is 81.6 cm³/mol. The summed E-state index contributed by atoms with van der Waals surface area (Å²) >= 11 is 0. The van der Waals surface area contributed by atoms with E-state index in [1.54, 1.807) is 6.07 Å². The van der Waals surface area contributed by atoms with Crippen LogP contribution in [0.1, 0.15) is 55.6 Å². The largest absolute Gasteiger partial charge is 0.384 e. The fourth-order valence-corrected chi connectivity index (χ4v) is 2.96. The molecular formula is C16H25N3O. The molecule has 2 N–H and O–H groups in total. The average molecular weight is 275 g/mol. The number of hydrogen-bond donors (Lipinski definition) is 1. The van der Waals surface area contributed by atoms with Gasteiger partial charge in [0, 0.05) is 24.3 Å². The van der Waals surface area contributed by atoms with Crippen LogP contribution in [-0.4, -0.2) is 28.9 Å². The maximum atomic E-state index is 12.5. The highest BCUT2D eigenvalue weighted by Crippen LogP contribution is 2.23. The zero-order valence-electron chi connectivity index (χ0n) is 12.6. The molecule has 4 heteroatoms. The van der Waals surface area contributed by atoms with Crippen LogP contribution in [0.2, 0.25) is 0 Å². The number of carbonyl (C=O) groups excluding carboxylic acids is 1. The maximum absolute atomic E-state index is 12.5. The standard InChI is InChI=1S/C16H25N3O/c1-3-5-12-7-8-19(11-12)16(20)13-9-14(6-4-2)18-15(17)10-13/h9-10,12H,3-8,11H2,1-2H3,(H2,17,18). The Hall–Kier alpha value is -1.58. The quantitative estimate of drug-likeness (QED) is 0.899. The van der Waals surface area contributed by atoms with Crippen molar-refractivity contribution >= 4 is 11.7 Å². The third kappa shape index (κ3) is 3.50. The molecule has 1 aromatic rings. The van der Waals surface area contributed by atoms with Gasteiger partial charge >= 0.3 is 0 Å². The molecule has 1 amide bonds. The van der Waals surface area contributed by atoms with E-state index in [1.807, 2.05) is 11.0 Å². The van der Waals surface area contributed by atoms with Crippen LogP contribution in [0, 0.1) is 5.92 Å². The summed E-state index contributed by atoms with van der Waals surface area (Å²) in [5, 5.41) is 0. The van der Waals surface area contributed by atoms with Gasteiger partial charge in [0.05, 0.1) is 0 Å². The minimum Gasteiger partial charge on any atom is -0.384 e. The minimum atomic E-state index is 0.107. The zero-order chi connectivity index (χ0) is 14.5. The van der Waals surface area contributed by atoms with Crippen molar-refractivity contribution < 1.29 is 4.79 Å². The molecule has 1 fully saturated rings. The van der Waals surface area contributed by atoms with Gasteiger partial charge in [0.1, 0.15) is 5.82 Å². The van der Waals surface area contributed by atoms with Crippen LogP contribution in [0.15, 0.2) is 12.1 Å². The van der Waals surface area contributed by atoms with E-state index in [9.17, 15) is 4.79 Å². The summed E-state index contributed by atoms with van der Waals surface area (Å²) in [6, 6.07) is 3.60. The molecule has 0 aromatic carbocycles. The Balaban J connectivity index is 2.09. The van der Waals surface area contributed by atoms with E-state index in [-0.39, 0.29) is 5.91 Å². The van der Waals surface area contributed by atoms with Gasteiger partial charge < -0.3 is 10.6 Å². The number of nitrogens with zero attached hydrogens (tertiary/aromatic N) is 2. The van der Waals surface area contributed by atoms with E-state index >= 15 is 0 Å². The van der Waals surface area contributed by atoms with Crippen molar-refractivity contribution in [1.82, 2.24) is 9.88 Å². The highest BCUT2D eigenvalue weighted by atomic mass is 16.2. The van der Waals surface area contributed by atoms with Crippen molar-refractivity contribution in [3.05, 3.63) is 23.4 Å². The van der Waals surface area contributed by atoms with Crippen LogP contribution in [0.4, 0.5) is 5.82 Å². The van der Waals surface area contributed by atoms with Gasteiger partial charge in [-0.1, -0.05) is 26.7 Å². The lowest BCUT2D eigenvalue weighted by Crippen LogP contribution is -2.29. The average Bonchev–Trinajstić information content (AvgIpc) is 2.86. The predicted octanol–water partition coefficient (Wildman–Crippen LogP) is 2.88. The van der Waals surface area contributed by atoms with Gasteiger partial charge in [-0.25, -0.2) is 4.98 Å². The van der Waals surface area contributed by atoms with Gasteiger partial charge in [-0.3, -0.25) is 4.79 Å². The fourth-order valence-electron chi connectivity index (χ4n) is 2.96. The number of nitrogens with two attached hydrogens (primary N) is 1. The highest BCUT2D eigenvalue weighted by molar-refractivity contribution is 5.95. The molecule has 1 aliphatic rings. The smallest absolute Gasteiger partial charge is 0.254 e. The van der Waals surface area contributed by atoms with Gasteiger partial charge in [0.15, 0.2) is 0 Å². The maximum Gasteiger partial charge on any atom is 0.254 e. The summed E-state index contributed by atoms with van der Waals surface area (Å²) in [6.07, 6.45) is 5.40. The fraction of sp³-hybridized carbons (Fsp3) is 0.625. The van der Waals surface area contributed by atoms with E-state index in [1.165, 1.54) is 12.8 Å². The number of anilines is 1. The summed E-state index contributed by atoms with van der Waals surface area (Å²) in [5.74, 6) is 1.22. The van der Waals surface area contributed by atoms with Gasteiger partial charge in [-0.2, -0.15) is 0 Å². The Kier molecular flexibility index (Phi) is 4.99. The van der Waals surface area contributed by atoms with Crippen molar-refractivity contribution in [2.75, 3.05) is 18.8 Å². The Bertz CT molecular complexity index is 473. The van der Waals surface area contributed by atoms with Crippen LogP contribution in [0.25, 0.3) is 0 Å². The van der Waals surface area contributed by atoms with Crippen molar-refractivity contribution in [3.8, 4) is 0 Å². The molecule has 0 spiro atoms. The summed E-state index contributed by atoms with van der Waals surface area (Å²) in [7, 11) is 0. The molecule has 0 radical (unpaired) electrons. The van der Waals surface area contributed by atoms with E-state index in [0.29, 0.717) is 17.3 Å². The van der Waals surface area contributed by atoms with Gasteiger partial charge in [-0.15, -0.1) is 0 Å². The molecule has 1 atom stereocenters. The number of aromatic nitrogens is 1. The molecule has 0 aliphatic carbocycles. The van der Waals surface area contributed by atoms with Gasteiger partial charge in [0.2, 0.25) is 0 Å². The van der Waals surface area contributed by atoms with Crippen LogP contribution in [-0.2, 0) is 6.42 Å². The van der Waals surface area contributed by atoms with Crippen molar-refractivity contribution in [3.63, 3.8) is 0 Å². The lowest BCUT2D eigenvalue weighted by Gasteiger charge is -2.17. The third-order valence-electron chi connectivity index (χ3n) is 3.92. The molecule has 4 nitrogen and oxygen atoms in total. The van der Waals surface area contributed by atoms with Gasteiger partial charge in [0.25, 0.3) is 5.91 Å². The number of aryl methyl sites for hydroxylation is 1. The SMILES string of the molecule is CCCc1cc(C(=O)N2CCC(CCC)C2)cc(N)n1. The van der Waals surface area contributed by atoms with E-state index in [4.69, 9.17) is 5.73 Å². The second kappa shape index (κ2) is 6.73. The second-order valence-corrected chi connectivity index (χ2v) is 5.72. The molecule has 1 aromatic heterocycles. The molecule has 20 heavy (non-hydrogen) atoms. The number of rotatable bonds is 5. The van der Waals surface area contributed by atoms with Crippen LogP contribution in [0.5, 0.6) is 0 Å². The van der Waals surface area contributed by atoms with Crippen molar-refractivity contribution in [2.24, 2.45) is 5.92 Å². The molecule has 1 unspecified atom stereocenters. The number of amides is 1. The molecule has 1 aliphatic heterocycles. The normalized spacial score (nSPS) is 18.5. The molecule has 110 valence electrons. The zero-order valence-corrected chi connectivity index (χ0v) is 12.6. The summed E-state index contributed by atoms with van der Waals surface area (Å²) < 4.78 is 0. The van der Waals surface area contributed by atoms with Crippen LogP contribution < -0.4 is 5.73 Å². The van der Waals surface area contributed by atoms with Crippen molar-refractivity contribution in [1.29, 1.82) is 0 Å². The van der Waals surface area contributed by atoms with E-state index in [0.717, 1.165) is 38.0 Å². The number of carbonyl (C=O) groups is 1. The van der Waals surface area contributed by atoms with Crippen LogP contribution >= 0.6 is 0 Å². The molecule has 1 saturated heterocycles. The monoisotopic (exact) mass is 275 g/mol. The first-order chi connectivity index (χ1) is 9.63. The van der Waals surface area contributed by atoms with Crippen molar-refractivity contribution in [2.45, 2.75) is 46.0 Å². The number of likely N-dealkylation sites (tertiary alicyclic amines) is 1.